The van der Waals surface area contributed by atoms with Crippen LogP contribution < -0.4 is 15.0 Å². The number of anilines is 1. The molecule has 1 fully saturated rings. The lowest BCUT2D eigenvalue weighted by Gasteiger charge is -2.33. The van der Waals surface area contributed by atoms with Gasteiger partial charge in [-0.15, -0.1) is 10.2 Å². The number of rotatable bonds is 9. The second-order valence-corrected chi connectivity index (χ2v) is 8.74. The molecule has 1 aliphatic heterocycles. The summed E-state index contributed by atoms with van der Waals surface area (Å²) in [5.41, 5.74) is 0.969. The fourth-order valence-electron chi connectivity index (χ4n) is 4.08. The number of nitrogens with zero attached hydrogens (tertiary/aromatic N) is 4. The minimum atomic E-state index is -0.390. The minimum absolute atomic E-state index is 0.268. The quantitative estimate of drug-likeness (QED) is 0.476. The van der Waals surface area contributed by atoms with Crippen molar-refractivity contribution in [3.63, 3.8) is 0 Å². The van der Waals surface area contributed by atoms with Gasteiger partial charge in [-0.3, -0.25) is 4.57 Å². The fraction of sp³-hybridized carbons (Fsp3) is 0.400. The second-order valence-electron chi connectivity index (χ2n) is 8.30. The summed E-state index contributed by atoms with van der Waals surface area (Å²) >= 11 is 5.94. The molecule has 0 spiro atoms. The molecule has 1 unspecified atom stereocenters. The van der Waals surface area contributed by atoms with E-state index < -0.39 is 0 Å². The molecular weight excluding hydrogens is 454 g/mol. The molecule has 9 heteroatoms. The Balaban J connectivity index is 1.29. The van der Waals surface area contributed by atoms with Crippen molar-refractivity contribution in [2.45, 2.75) is 39.5 Å². The third-order valence-electron chi connectivity index (χ3n) is 5.86. The van der Waals surface area contributed by atoms with E-state index in [4.69, 9.17) is 21.1 Å². The van der Waals surface area contributed by atoms with E-state index in [9.17, 15) is 4.79 Å². The van der Waals surface area contributed by atoms with E-state index in [1.54, 1.807) is 12.1 Å². The lowest BCUT2D eigenvalue weighted by molar-refractivity contribution is 0.137. The highest BCUT2D eigenvalue weighted by Gasteiger charge is 2.25. The van der Waals surface area contributed by atoms with E-state index >= 15 is 0 Å². The van der Waals surface area contributed by atoms with Crippen molar-refractivity contribution in [1.82, 2.24) is 20.1 Å². The van der Waals surface area contributed by atoms with Gasteiger partial charge >= 0.3 is 6.09 Å². The van der Waals surface area contributed by atoms with Crippen LogP contribution in [0.3, 0.4) is 0 Å². The molecule has 1 saturated heterocycles. The van der Waals surface area contributed by atoms with Gasteiger partial charge in [0.15, 0.2) is 5.82 Å². The third-order valence-corrected chi connectivity index (χ3v) is 6.11. The molecule has 1 atom stereocenters. The molecule has 180 valence electrons. The summed E-state index contributed by atoms with van der Waals surface area (Å²) in [5, 5.41) is 12.4. The smallest absolute Gasteiger partial charge is 0.407 e. The van der Waals surface area contributed by atoms with Crippen LogP contribution in [0.25, 0.3) is 0 Å². The number of nitrogens with one attached hydrogen (secondary N) is 1. The summed E-state index contributed by atoms with van der Waals surface area (Å²) in [6.07, 6.45) is 1.68. The molecule has 1 amide bonds. The Labute approximate surface area is 204 Å². The zero-order valence-electron chi connectivity index (χ0n) is 19.3. The van der Waals surface area contributed by atoms with Gasteiger partial charge in [0.25, 0.3) is 0 Å². The molecule has 0 aliphatic carbocycles. The minimum Gasteiger partial charge on any atom is -0.486 e. The normalized spacial score (nSPS) is 15.7. The number of amides is 1. The maximum absolute atomic E-state index is 12.1. The van der Waals surface area contributed by atoms with Crippen molar-refractivity contribution in [1.29, 1.82) is 0 Å². The Kier molecular flexibility index (Phi) is 8.25. The number of alkyl carbamates (subject to hydrolysis) is 1. The van der Waals surface area contributed by atoms with Crippen molar-refractivity contribution in [2.24, 2.45) is 5.92 Å². The van der Waals surface area contributed by atoms with Gasteiger partial charge in [0.05, 0.1) is 0 Å². The van der Waals surface area contributed by atoms with Crippen molar-refractivity contribution >= 4 is 23.6 Å². The SMILES string of the molecule is CCn1c(COc2ccc(Cl)cc2)nnc1N1CCCC(CNC(=O)OCc2ccccc2)C1. The lowest BCUT2D eigenvalue weighted by Crippen LogP contribution is -2.42. The number of carbonyl (C=O) groups is 1. The average Bonchev–Trinajstić information content (AvgIpc) is 3.29. The van der Waals surface area contributed by atoms with E-state index in [1.807, 2.05) is 42.5 Å². The molecule has 1 N–H and O–H groups in total. The third kappa shape index (κ3) is 6.41. The van der Waals surface area contributed by atoms with Crippen LogP contribution in [0, 0.1) is 5.92 Å². The highest BCUT2D eigenvalue weighted by atomic mass is 35.5. The Bertz CT molecular complexity index is 1060. The topological polar surface area (TPSA) is 81.5 Å². The zero-order valence-corrected chi connectivity index (χ0v) is 20.1. The van der Waals surface area contributed by atoms with Gasteiger partial charge in [-0.1, -0.05) is 41.9 Å². The molecule has 8 nitrogen and oxygen atoms in total. The molecular formula is C25H30ClN5O3. The Morgan fingerprint density at radius 3 is 2.68 bits per heavy atom. The molecule has 0 radical (unpaired) electrons. The number of benzene rings is 2. The first-order valence-corrected chi connectivity index (χ1v) is 12.0. The van der Waals surface area contributed by atoms with E-state index in [2.05, 4.69) is 31.9 Å². The molecule has 2 heterocycles. The molecule has 34 heavy (non-hydrogen) atoms. The molecule has 1 aromatic heterocycles. The predicted molar refractivity (Wildman–Crippen MR) is 131 cm³/mol. The molecule has 0 bridgehead atoms. The molecule has 1 aliphatic rings. The Morgan fingerprint density at radius 2 is 1.91 bits per heavy atom. The molecule has 4 rings (SSSR count). The Hall–Kier alpha value is -3.26. The van der Waals surface area contributed by atoms with E-state index in [-0.39, 0.29) is 12.7 Å². The lowest BCUT2D eigenvalue weighted by atomic mass is 9.98. The van der Waals surface area contributed by atoms with Crippen molar-refractivity contribution < 1.29 is 14.3 Å². The van der Waals surface area contributed by atoms with E-state index in [0.29, 0.717) is 24.1 Å². The van der Waals surface area contributed by atoms with Crippen LogP contribution in [0.4, 0.5) is 10.7 Å². The van der Waals surface area contributed by atoms with Gasteiger partial charge in [-0.2, -0.15) is 0 Å². The van der Waals surface area contributed by atoms with E-state index in [1.165, 1.54) is 0 Å². The number of aromatic nitrogens is 3. The van der Waals surface area contributed by atoms with E-state index in [0.717, 1.165) is 55.6 Å². The van der Waals surface area contributed by atoms with Crippen LogP contribution in [0.15, 0.2) is 54.6 Å². The number of piperidine rings is 1. The number of ether oxygens (including phenoxy) is 2. The fourth-order valence-corrected chi connectivity index (χ4v) is 4.21. The number of halogens is 1. The summed E-state index contributed by atoms with van der Waals surface area (Å²) in [4.78, 5) is 14.4. The zero-order chi connectivity index (χ0) is 23.8. The van der Waals surface area contributed by atoms with Crippen molar-refractivity contribution in [2.75, 3.05) is 24.5 Å². The van der Waals surface area contributed by atoms with Gasteiger partial charge in [-0.25, -0.2) is 4.79 Å². The predicted octanol–water partition coefficient (Wildman–Crippen LogP) is 4.67. The maximum Gasteiger partial charge on any atom is 0.407 e. The van der Waals surface area contributed by atoms with Crippen molar-refractivity contribution in [3.8, 4) is 5.75 Å². The monoisotopic (exact) mass is 483 g/mol. The Morgan fingerprint density at radius 1 is 1.12 bits per heavy atom. The first-order valence-electron chi connectivity index (χ1n) is 11.6. The van der Waals surface area contributed by atoms with Crippen LogP contribution in [-0.2, 0) is 24.5 Å². The number of hydrogen-bond acceptors (Lipinski definition) is 6. The van der Waals surface area contributed by atoms with Crippen molar-refractivity contribution in [3.05, 3.63) is 71.0 Å². The van der Waals surface area contributed by atoms with Crippen LogP contribution in [0.1, 0.15) is 31.2 Å². The van der Waals surface area contributed by atoms with Gasteiger partial charge in [-0.05, 0) is 55.5 Å². The van der Waals surface area contributed by atoms with Gasteiger partial charge in [0.1, 0.15) is 19.0 Å². The number of carbonyl (C=O) groups excluding carboxylic acids is 1. The molecule has 3 aromatic rings. The second kappa shape index (κ2) is 11.7. The largest absolute Gasteiger partial charge is 0.486 e. The highest BCUT2D eigenvalue weighted by Crippen LogP contribution is 2.23. The average molecular weight is 484 g/mol. The standard InChI is InChI=1S/C25H30ClN5O3/c1-2-31-23(18-33-22-12-10-21(26)11-13-22)28-29-24(31)30-14-6-9-20(16-30)15-27-25(32)34-17-19-7-4-3-5-8-19/h3-5,7-8,10-13,20H,2,6,9,14-18H2,1H3,(H,27,32). The molecule has 2 aromatic carbocycles. The molecule has 0 saturated carbocycles. The summed E-state index contributed by atoms with van der Waals surface area (Å²) in [7, 11) is 0. The summed E-state index contributed by atoms with van der Waals surface area (Å²) in [6.45, 7) is 5.69. The van der Waals surface area contributed by atoms with Gasteiger partial charge < -0.3 is 19.7 Å². The van der Waals surface area contributed by atoms with Gasteiger partial charge in [0, 0.05) is 31.2 Å². The highest BCUT2D eigenvalue weighted by molar-refractivity contribution is 6.30. The van der Waals surface area contributed by atoms with Crippen LogP contribution in [0.5, 0.6) is 5.75 Å². The number of hydrogen-bond donors (Lipinski definition) is 1. The maximum atomic E-state index is 12.1. The van der Waals surface area contributed by atoms with Gasteiger partial charge in [0.2, 0.25) is 5.95 Å². The van der Waals surface area contributed by atoms with Crippen LogP contribution >= 0.6 is 11.6 Å². The summed E-state index contributed by atoms with van der Waals surface area (Å²) in [6, 6.07) is 16.9. The van der Waals surface area contributed by atoms with Crippen LogP contribution in [-0.4, -0.2) is 40.5 Å². The summed E-state index contributed by atoms with van der Waals surface area (Å²) in [5.74, 6) is 2.67. The first-order chi connectivity index (χ1) is 16.6. The summed E-state index contributed by atoms with van der Waals surface area (Å²) < 4.78 is 13.3. The van der Waals surface area contributed by atoms with Crippen LogP contribution in [0.2, 0.25) is 5.02 Å². The first kappa shape index (κ1) is 23.9.